The molecule has 5 rings (SSSR count). The fraction of sp³-hybridized carbons (Fsp3) is 0.333. The number of carbonyl (C=O) groups is 10. The first-order valence-corrected chi connectivity index (χ1v) is 24.7. The summed E-state index contributed by atoms with van der Waals surface area (Å²) in [7, 11) is 0. The van der Waals surface area contributed by atoms with E-state index in [2.05, 4.69) is 42.2 Å². The van der Waals surface area contributed by atoms with Gasteiger partial charge in [0.1, 0.15) is 53.8 Å². The van der Waals surface area contributed by atoms with Crippen molar-refractivity contribution in [1.29, 1.82) is 0 Å². The summed E-state index contributed by atoms with van der Waals surface area (Å²) in [5.41, 5.74) is 13.5. The number of H-pyrrole nitrogens is 1. The van der Waals surface area contributed by atoms with Crippen LogP contribution in [0.3, 0.4) is 0 Å². The van der Waals surface area contributed by atoms with Gasteiger partial charge in [-0.15, -0.1) is 0 Å². The van der Waals surface area contributed by atoms with E-state index in [1.807, 2.05) is 0 Å². The molecule has 4 aromatic carbocycles. The fourth-order valence-electron chi connectivity index (χ4n) is 8.18. The fourth-order valence-corrected chi connectivity index (χ4v) is 8.18. The number of carboxylic acids is 2. The Kier molecular flexibility index (Phi) is 21.4. The highest BCUT2D eigenvalue weighted by atomic mass is 16.4. The Balaban J connectivity index is 1.50. The molecule has 78 heavy (non-hydrogen) atoms. The molecule has 0 unspecified atom stereocenters. The summed E-state index contributed by atoms with van der Waals surface area (Å²) in [6.45, 7) is 4.33. The Labute approximate surface area is 447 Å². The number of nitrogens with two attached hydrogens (primary N) is 2. The Bertz CT molecular complexity index is 2950. The largest absolute Gasteiger partial charge is 0.508 e. The van der Waals surface area contributed by atoms with Crippen LogP contribution in [0.2, 0.25) is 0 Å². The number of primary amides is 1. The van der Waals surface area contributed by atoms with Crippen molar-refractivity contribution in [2.24, 2.45) is 17.4 Å². The molecule has 0 aliphatic carbocycles. The van der Waals surface area contributed by atoms with Crippen molar-refractivity contribution in [3.8, 4) is 11.5 Å². The topological polar surface area (TPSA) is 404 Å². The molecule has 0 bridgehead atoms. The SMILES string of the molecule is CC(C)[C@H](NC(=O)[C@H](CC(=O)O)NC(=O)[C@H](Cc1ccccc1)NC(=O)[C@H](Cc1ccc(O)cc1)NC(=O)[C@H](Cc1c[nH]c2ccccc12)NC(=O)[C@H](Cc1ccc(O)cc1)NC(=O)[C@H](C)NC(=O)[C@@H](N)CC(N)=O)C(=O)O. The van der Waals surface area contributed by atoms with Crippen molar-refractivity contribution in [2.75, 3.05) is 0 Å². The van der Waals surface area contributed by atoms with Crippen molar-refractivity contribution < 1.29 is 68.4 Å². The maximum atomic E-state index is 14.9. The van der Waals surface area contributed by atoms with Gasteiger partial charge in [0.05, 0.1) is 18.9 Å². The molecule has 1 heterocycles. The summed E-state index contributed by atoms with van der Waals surface area (Å²) < 4.78 is 0. The molecule has 1 aromatic heterocycles. The van der Waals surface area contributed by atoms with Gasteiger partial charge in [0, 0.05) is 42.8 Å². The van der Waals surface area contributed by atoms with Crippen LogP contribution in [0.15, 0.2) is 109 Å². The lowest BCUT2D eigenvalue weighted by atomic mass is 9.99. The van der Waals surface area contributed by atoms with E-state index in [9.17, 15) is 68.4 Å². The van der Waals surface area contributed by atoms with Gasteiger partial charge in [-0.2, -0.15) is 0 Å². The predicted molar refractivity (Wildman–Crippen MR) is 281 cm³/mol. The lowest BCUT2D eigenvalue weighted by molar-refractivity contribution is -0.144. The number of rotatable bonds is 28. The van der Waals surface area contributed by atoms with Gasteiger partial charge in [0.25, 0.3) is 0 Å². The van der Waals surface area contributed by atoms with Crippen molar-refractivity contribution in [2.45, 2.75) is 108 Å². The normalized spacial score (nSPS) is 14.2. The molecule has 16 N–H and O–H groups in total. The van der Waals surface area contributed by atoms with Gasteiger partial charge in [-0.3, -0.25) is 43.2 Å². The highest BCUT2D eigenvalue weighted by molar-refractivity contribution is 5.99. The van der Waals surface area contributed by atoms with E-state index < -0.39 is 126 Å². The summed E-state index contributed by atoms with van der Waals surface area (Å²) in [6.07, 6.45) is -0.823. The molecule has 0 saturated carbocycles. The van der Waals surface area contributed by atoms with Crippen molar-refractivity contribution >= 4 is 70.1 Å². The van der Waals surface area contributed by atoms with Crippen LogP contribution in [0.5, 0.6) is 11.5 Å². The van der Waals surface area contributed by atoms with Crippen molar-refractivity contribution in [1.82, 2.24) is 42.2 Å². The van der Waals surface area contributed by atoms with E-state index in [1.54, 1.807) is 60.8 Å². The third-order valence-corrected chi connectivity index (χ3v) is 12.4. The minimum absolute atomic E-state index is 0.0941. The molecule has 24 nitrogen and oxygen atoms in total. The number of benzene rings is 4. The van der Waals surface area contributed by atoms with Crippen LogP contribution in [0.1, 0.15) is 55.9 Å². The number of fused-ring (bicyclic) bond motifs is 1. The molecule has 0 aliphatic heterocycles. The van der Waals surface area contributed by atoms with Crippen LogP contribution >= 0.6 is 0 Å². The summed E-state index contributed by atoms with van der Waals surface area (Å²) in [5.74, 6) is -11.4. The average Bonchev–Trinajstić information content (AvgIpc) is 3.81. The molecule has 5 aromatic rings. The van der Waals surface area contributed by atoms with Gasteiger partial charge in [-0.05, 0) is 65.4 Å². The summed E-state index contributed by atoms with van der Waals surface area (Å²) in [5, 5.41) is 57.9. The Morgan fingerprint density at radius 3 is 1.37 bits per heavy atom. The molecular weight excluding hydrogens is 1010 g/mol. The second-order valence-corrected chi connectivity index (χ2v) is 19.0. The maximum absolute atomic E-state index is 14.9. The standard InChI is InChI=1S/C54H64N10O14/c1-28(2)46(54(77)78)64-53(76)43(26-45(68)69)63-51(74)40(21-30-9-5-4-6-10-30)60-50(73)41(23-32-15-19-35(66)20-16-32)61-52(75)42(24-33-27-57-38-12-8-7-11-36(33)38)62-49(72)39(22-31-13-17-34(65)18-14-31)59-47(70)29(3)58-48(71)37(55)25-44(56)67/h4-20,27-29,37,39-43,46,57,65-66H,21-26,55H2,1-3H3,(H2,56,67)(H,58,71)(H,59,70)(H,60,73)(H,61,75)(H,62,72)(H,63,74)(H,64,76)(H,68,69)(H,77,78)/t29-,37-,39-,40-,41-,42-,43-,46-/m0/s1. The first kappa shape index (κ1) is 59.6. The lowest BCUT2D eigenvalue weighted by Gasteiger charge is -2.28. The Morgan fingerprint density at radius 2 is 0.910 bits per heavy atom. The monoisotopic (exact) mass is 1080 g/mol. The van der Waals surface area contributed by atoms with E-state index >= 15 is 0 Å². The van der Waals surface area contributed by atoms with Crippen LogP contribution in [0.4, 0.5) is 0 Å². The van der Waals surface area contributed by atoms with Crippen molar-refractivity contribution in [3.63, 3.8) is 0 Å². The zero-order chi connectivity index (χ0) is 57.2. The zero-order valence-corrected chi connectivity index (χ0v) is 42.9. The highest BCUT2D eigenvalue weighted by Crippen LogP contribution is 2.21. The van der Waals surface area contributed by atoms with Gasteiger partial charge >= 0.3 is 11.9 Å². The second-order valence-electron chi connectivity index (χ2n) is 19.0. The van der Waals surface area contributed by atoms with E-state index in [-0.39, 0.29) is 37.2 Å². The molecule has 0 saturated heterocycles. The number of aliphatic carboxylic acids is 2. The Morgan fingerprint density at radius 1 is 0.487 bits per heavy atom. The number of carbonyl (C=O) groups excluding carboxylic acids is 8. The van der Waals surface area contributed by atoms with Crippen LogP contribution in [0, 0.1) is 5.92 Å². The number of aromatic hydroxyl groups is 2. The quantitative estimate of drug-likeness (QED) is 0.0305. The van der Waals surface area contributed by atoms with Crippen LogP contribution < -0.4 is 48.7 Å². The Hall–Kier alpha value is -9.32. The number of hydrogen-bond acceptors (Lipinski definition) is 13. The van der Waals surface area contributed by atoms with E-state index in [1.165, 1.54) is 69.3 Å². The van der Waals surface area contributed by atoms with Crippen LogP contribution in [-0.4, -0.2) is 133 Å². The molecule has 24 heteroatoms. The second kappa shape index (κ2) is 28.0. The highest BCUT2D eigenvalue weighted by Gasteiger charge is 2.36. The number of phenols is 2. The third kappa shape index (κ3) is 17.9. The first-order chi connectivity index (χ1) is 37.0. The molecule has 414 valence electrons. The number of hydrogen-bond donors (Lipinski definition) is 14. The lowest BCUT2D eigenvalue weighted by Crippen LogP contribution is -2.61. The number of aromatic nitrogens is 1. The molecule has 0 spiro atoms. The minimum Gasteiger partial charge on any atom is -0.508 e. The molecule has 0 fully saturated rings. The number of amides is 8. The van der Waals surface area contributed by atoms with Gasteiger partial charge in [-0.1, -0.05) is 86.6 Å². The molecule has 8 amide bonds. The predicted octanol–water partition coefficient (Wildman–Crippen LogP) is -0.319. The summed E-state index contributed by atoms with van der Waals surface area (Å²) in [4.78, 5) is 137. The third-order valence-electron chi connectivity index (χ3n) is 12.4. The first-order valence-electron chi connectivity index (χ1n) is 24.7. The zero-order valence-electron chi connectivity index (χ0n) is 42.9. The number of aromatic amines is 1. The summed E-state index contributed by atoms with van der Waals surface area (Å²) in [6, 6.07) is 14.6. The van der Waals surface area contributed by atoms with E-state index in [0.717, 1.165) is 0 Å². The van der Waals surface area contributed by atoms with Gasteiger partial charge in [-0.25, -0.2) is 4.79 Å². The van der Waals surface area contributed by atoms with E-state index in [0.29, 0.717) is 33.2 Å². The summed E-state index contributed by atoms with van der Waals surface area (Å²) >= 11 is 0. The minimum atomic E-state index is -1.82. The number of nitrogens with one attached hydrogen (secondary N) is 8. The molecular formula is C54H64N10O14. The van der Waals surface area contributed by atoms with Gasteiger partial charge in [0.2, 0.25) is 47.3 Å². The van der Waals surface area contributed by atoms with Gasteiger partial charge in [0.15, 0.2) is 0 Å². The number of para-hydroxylation sites is 1. The number of phenolic OH excluding ortho intramolecular Hbond substituents is 2. The maximum Gasteiger partial charge on any atom is 0.326 e. The average molecular weight is 1080 g/mol. The van der Waals surface area contributed by atoms with Crippen LogP contribution in [-0.2, 0) is 73.6 Å². The van der Waals surface area contributed by atoms with E-state index in [4.69, 9.17) is 11.5 Å². The van der Waals surface area contributed by atoms with Crippen LogP contribution in [0.25, 0.3) is 10.9 Å². The molecule has 0 radical (unpaired) electrons. The smallest absolute Gasteiger partial charge is 0.326 e. The van der Waals surface area contributed by atoms with Crippen molar-refractivity contribution in [3.05, 3.63) is 132 Å². The molecule has 0 aliphatic rings. The number of carboxylic acid groups (broad SMARTS) is 2. The molecule has 8 atom stereocenters. The van der Waals surface area contributed by atoms with Gasteiger partial charge < -0.3 is 74.1 Å².